The molecule has 26 heavy (non-hydrogen) atoms. The van der Waals surface area contributed by atoms with Crippen LogP contribution in [0.4, 0.5) is 11.4 Å². The summed E-state index contributed by atoms with van der Waals surface area (Å²) in [6, 6.07) is 9.97. The molecule has 2 atom stereocenters. The Morgan fingerprint density at radius 2 is 1.85 bits per heavy atom. The second-order valence-corrected chi connectivity index (χ2v) is 9.99. The monoisotopic (exact) mass is 391 g/mol. The molecule has 1 aromatic carbocycles. The smallest absolute Gasteiger partial charge is 0.0993 e. The van der Waals surface area contributed by atoms with E-state index in [1.807, 2.05) is 56.6 Å². The van der Waals surface area contributed by atoms with Gasteiger partial charge in [-0.05, 0) is 51.1 Å². The molecule has 0 saturated carbocycles. The molecule has 1 aromatic heterocycles. The fourth-order valence-corrected chi connectivity index (χ4v) is 5.10. The molecule has 0 bridgehead atoms. The molecule has 2 heterocycles. The first-order valence-corrected chi connectivity index (χ1v) is 10.5. The fraction of sp³-hybridized carbons (Fsp3) is 0.450. The van der Waals surface area contributed by atoms with Gasteiger partial charge in [0.2, 0.25) is 0 Å². The Morgan fingerprint density at radius 3 is 2.42 bits per heavy atom. The van der Waals surface area contributed by atoms with Crippen LogP contribution < -0.4 is 9.80 Å². The maximum Gasteiger partial charge on any atom is 0.0993 e. The molecule has 4 nitrogen and oxygen atoms in total. The minimum absolute atomic E-state index is 0.0350. The second kappa shape index (κ2) is 7.20. The minimum atomic E-state index is -1.09. The van der Waals surface area contributed by atoms with Crippen molar-refractivity contribution in [3.8, 4) is 0 Å². The Kier molecular flexibility index (Phi) is 5.31. The van der Waals surface area contributed by atoms with E-state index in [1.165, 1.54) is 0 Å². The van der Waals surface area contributed by atoms with Crippen LogP contribution in [0, 0.1) is 0 Å². The lowest BCUT2D eigenvalue weighted by atomic mass is 10.0. The van der Waals surface area contributed by atoms with Crippen LogP contribution in [0.25, 0.3) is 0 Å². The number of halogens is 1. The van der Waals surface area contributed by atoms with Gasteiger partial charge in [-0.2, -0.15) is 0 Å². The lowest BCUT2D eigenvalue weighted by molar-refractivity contribution is 0.533. The molecule has 2 unspecified atom stereocenters. The maximum absolute atomic E-state index is 12.4. The van der Waals surface area contributed by atoms with E-state index >= 15 is 0 Å². The van der Waals surface area contributed by atoms with Crippen molar-refractivity contribution < 1.29 is 4.21 Å². The number of aromatic nitrogens is 1. The average molecular weight is 392 g/mol. The highest BCUT2D eigenvalue weighted by molar-refractivity contribution is 7.85. The quantitative estimate of drug-likeness (QED) is 0.756. The van der Waals surface area contributed by atoms with E-state index in [0.717, 1.165) is 17.9 Å². The molecule has 1 aliphatic rings. The van der Waals surface area contributed by atoms with Crippen LogP contribution in [0.1, 0.15) is 34.6 Å². The minimum Gasteiger partial charge on any atom is -0.349 e. The third-order valence-corrected chi connectivity index (χ3v) is 6.94. The lowest BCUT2D eigenvalue weighted by Gasteiger charge is -2.35. The van der Waals surface area contributed by atoms with Crippen LogP contribution in [0.2, 0.25) is 5.02 Å². The topological polar surface area (TPSA) is 36.4 Å². The molecule has 0 N–H and O–H groups in total. The van der Waals surface area contributed by atoms with Crippen molar-refractivity contribution in [1.29, 1.82) is 0 Å². The molecule has 1 fully saturated rings. The summed E-state index contributed by atoms with van der Waals surface area (Å²) in [5, 5.41) is 0.618. The predicted molar refractivity (Wildman–Crippen MR) is 111 cm³/mol. The van der Waals surface area contributed by atoms with E-state index in [4.69, 9.17) is 11.6 Å². The Hall–Kier alpha value is -1.59. The predicted octanol–water partition coefficient (Wildman–Crippen LogP) is 4.70. The zero-order chi connectivity index (χ0) is 19.1. The van der Waals surface area contributed by atoms with Crippen molar-refractivity contribution in [2.45, 2.75) is 56.5 Å². The summed E-state index contributed by atoms with van der Waals surface area (Å²) in [7, 11) is -1.09. The van der Waals surface area contributed by atoms with Crippen LogP contribution >= 0.6 is 11.6 Å². The van der Waals surface area contributed by atoms with Crippen molar-refractivity contribution in [2.24, 2.45) is 0 Å². The largest absolute Gasteiger partial charge is 0.349 e. The molecular weight excluding hydrogens is 366 g/mol. The summed E-state index contributed by atoms with van der Waals surface area (Å²) in [6.45, 7) is 11.4. The van der Waals surface area contributed by atoms with Gasteiger partial charge in [0.05, 0.1) is 32.4 Å². The number of pyridine rings is 1. The first kappa shape index (κ1) is 19.2. The first-order valence-electron chi connectivity index (χ1n) is 8.88. The summed E-state index contributed by atoms with van der Waals surface area (Å²) >= 11 is 6.48. The molecule has 0 amide bonds. The number of rotatable bonds is 4. The summed E-state index contributed by atoms with van der Waals surface area (Å²) < 4.78 is 12.4. The average Bonchev–Trinajstić information content (AvgIpc) is 2.84. The zero-order valence-corrected chi connectivity index (χ0v) is 17.5. The molecule has 0 aliphatic carbocycles. The molecule has 1 aliphatic heterocycles. The summed E-state index contributed by atoms with van der Waals surface area (Å²) in [4.78, 5) is 9.59. The second-order valence-electron chi connectivity index (χ2n) is 7.61. The van der Waals surface area contributed by atoms with Crippen molar-refractivity contribution in [3.63, 3.8) is 0 Å². The highest BCUT2D eigenvalue weighted by Crippen LogP contribution is 2.38. The van der Waals surface area contributed by atoms with Crippen LogP contribution in [-0.2, 0) is 10.8 Å². The van der Waals surface area contributed by atoms with Gasteiger partial charge >= 0.3 is 0 Å². The van der Waals surface area contributed by atoms with Crippen LogP contribution in [0.15, 0.2) is 47.6 Å². The van der Waals surface area contributed by atoms with Gasteiger partial charge in [0.1, 0.15) is 0 Å². The van der Waals surface area contributed by atoms with Gasteiger partial charge < -0.3 is 9.80 Å². The SMILES string of the molecule is CC1N(c2ccc(S(=O)C(C)C)c(Cl)c2)CC(C)(C)N1c1ccncc1. The van der Waals surface area contributed by atoms with Gasteiger partial charge in [-0.1, -0.05) is 25.4 Å². The molecule has 3 rings (SSSR count). The van der Waals surface area contributed by atoms with E-state index in [9.17, 15) is 4.21 Å². The third-order valence-electron chi connectivity index (χ3n) is 4.87. The van der Waals surface area contributed by atoms with E-state index < -0.39 is 10.8 Å². The number of hydrogen-bond acceptors (Lipinski definition) is 4. The fourth-order valence-electron chi connectivity index (χ4n) is 3.73. The Labute approximate surface area is 163 Å². The van der Waals surface area contributed by atoms with Gasteiger partial charge in [-0.15, -0.1) is 0 Å². The summed E-state index contributed by atoms with van der Waals surface area (Å²) in [6.07, 6.45) is 3.83. The molecular formula is C20H26ClN3OS. The lowest BCUT2D eigenvalue weighted by Crippen LogP contribution is -2.44. The Bertz CT molecular complexity index is 810. The van der Waals surface area contributed by atoms with Crippen LogP contribution in [0.5, 0.6) is 0 Å². The maximum atomic E-state index is 12.4. The van der Waals surface area contributed by atoms with E-state index in [0.29, 0.717) is 9.92 Å². The van der Waals surface area contributed by atoms with E-state index in [1.54, 1.807) is 0 Å². The highest BCUT2D eigenvalue weighted by Gasteiger charge is 2.42. The standard InChI is InChI=1S/C20H26ClN3OS/c1-14(2)26(25)19-7-6-17(12-18(19)21)23-13-20(4,5)24(15(23)3)16-8-10-22-11-9-16/h6-12,14-15H,13H2,1-5H3. The van der Waals surface area contributed by atoms with Gasteiger partial charge in [-0.3, -0.25) is 9.19 Å². The molecule has 6 heteroatoms. The summed E-state index contributed by atoms with van der Waals surface area (Å²) in [5.41, 5.74) is 2.17. The van der Waals surface area contributed by atoms with E-state index in [2.05, 4.69) is 35.6 Å². The van der Waals surface area contributed by atoms with E-state index in [-0.39, 0.29) is 17.0 Å². The van der Waals surface area contributed by atoms with Gasteiger partial charge in [0, 0.05) is 35.6 Å². The zero-order valence-electron chi connectivity index (χ0n) is 15.9. The number of anilines is 2. The molecule has 1 saturated heterocycles. The van der Waals surface area contributed by atoms with Crippen molar-refractivity contribution in [1.82, 2.24) is 4.98 Å². The highest BCUT2D eigenvalue weighted by atomic mass is 35.5. The Balaban J connectivity index is 1.93. The Morgan fingerprint density at radius 1 is 1.19 bits per heavy atom. The summed E-state index contributed by atoms with van der Waals surface area (Å²) in [5.74, 6) is 0. The van der Waals surface area contributed by atoms with Gasteiger partial charge in [-0.25, -0.2) is 0 Å². The first-order chi connectivity index (χ1) is 12.2. The van der Waals surface area contributed by atoms with Crippen molar-refractivity contribution in [2.75, 3.05) is 16.3 Å². The molecule has 2 aromatic rings. The molecule has 0 spiro atoms. The van der Waals surface area contributed by atoms with Gasteiger partial charge in [0.15, 0.2) is 0 Å². The van der Waals surface area contributed by atoms with Gasteiger partial charge in [0.25, 0.3) is 0 Å². The van der Waals surface area contributed by atoms with Crippen LogP contribution in [-0.4, -0.2) is 32.7 Å². The van der Waals surface area contributed by atoms with Crippen molar-refractivity contribution >= 4 is 33.8 Å². The molecule has 140 valence electrons. The molecule has 0 radical (unpaired) electrons. The number of benzene rings is 1. The number of hydrogen-bond donors (Lipinski definition) is 0. The third kappa shape index (κ3) is 3.47. The van der Waals surface area contributed by atoms with Crippen molar-refractivity contribution in [3.05, 3.63) is 47.7 Å². The number of nitrogens with zero attached hydrogens (tertiary/aromatic N) is 3. The normalized spacial score (nSPS) is 20.7. The van der Waals surface area contributed by atoms with Crippen LogP contribution in [0.3, 0.4) is 0 Å².